The molecule has 9 nitrogen and oxygen atoms in total. The number of carbonyl (C=O) groups excluding carboxylic acids is 2. The highest BCUT2D eigenvalue weighted by molar-refractivity contribution is 5.71. The van der Waals surface area contributed by atoms with E-state index in [1.54, 1.807) is 0 Å². The van der Waals surface area contributed by atoms with Gasteiger partial charge in [0, 0.05) is 12.8 Å². The molecule has 0 aliphatic heterocycles. The number of rotatable bonds is 46. The number of aliphatic carboxylic acids is 1. The van der Waals surface area contributed by atoms with Crippen LogP contribution in [0.5, 0.6) is 0 Å². The fourth-order valence-corrected chi connectivity index (χ4v) is 6.58. The number of esters is 2. The number of carbonyl (C=O) groups is 3. The number of quaternary nitrogens is 1. The third kappa shape index (κ3) is 48.2. The lowest BCUT2D eigenvalue weighted by atomic mass is 10.1. The highest BCUT2D eigenvalue weighted by Crippen LogP contribution is 2.13. The number of likely N-dealkylation sites (N-methyl/N-ethyl adjacent to an activating group) is 1. The Morgan fingerprint density at radius 2 is 0.879 bits per heavy atom. The molecule has 66 heavy (non-hydrogen) atoms. The monoisotopic (exact) mass is 923 g/mol. The van der Waals surface area contributed by atoms with Gasteiger partial charge in [-0.15, -0.1) is 0 Å². The van der Waals surface area contributed by atoms with Gasteiger partial charge in [0.05, 0.1) is 34.4 Å². The summed E-state index contributed by atoms with van der Waals surface area (Å²) in [5, 5.41) is 9.67. The van der Waals surface area contributed by atoms with Crippen LogP contribution in [0.4, 0.5) is 0 Å². The van der Waals surface area contributed by atoms with E-state index in [-0.39, 0.29) is 38.6 Å². The van der Waals surface area contributed by atoms with E-state index in [0.29, 0.717) is 23.9 Å². The van der Waals surface area contributed by atoms with E-state index in [1.165, 1.54) is 70.6 Å². The Labute approximate surface area is 403 Å². The van der Waals surface area contributed by atoms with Crippen LogP contribution in [0, 0.1) is 0 Å². The molecule has 0 heterocycles. The van der Waals surface area contributed by atoms with E-state index in [2.05, 4.69) is 111 Å². The Hall–Kier alpha value is -3.79. The first-order valence-electron chi connectivity index (χ1n) is 25.9. The fraction of sp³-hybridized carbons (Fsp3) is 0.667. The molecule has 2 unspecified atom stereocenters. The minimum Gasteiger partial charge on any atom is -0.477 e. The van der Waals surface area contributed by atoms with E-state index in [4.69, 9.17) is 18.9 Å². The first kappa shape index (κ1) is 62.2. The molecule has 0 aliphatic carbocycles. The molecule has 0 saturated carbocycles. The molecule has 0 bridgehead atoms. The predicted octanol–water partition coefficient (Wildman–Crippen LogP) is 14.6. The van der Waals surface area contributed by atoms with Gasteiger partial charge in [-0.05, 0) is 89.9 Å². The number of hydrogen-bond donors (Lipinski definition) is 1. The average Bonchev–Trinajstić information content (AvgIpc) is 3.28. The van der Waals surface area contributed by atoms with Gasteiger partial charge in [-0.3, -0.25) is 9.59 Å². The fourth-order valence-electron chi connectivity index (χ4n) is 6.58. The average molecular weight is 923 g/mol. The Morgan fingerprint density at radius 1 is 0.470 bits per heavy atom. The van der Waals surface area contributed by atoms with E-state index in [1.807, 2.05) is 21.1 Å². The Kier molecular flexibility index (Phi) is 45.0. The first-order valence-corrected chi connectivity index (χ1v) is 25.9. The van der Waals surface area contributed by atoms with Crippen molar-refractivity contribution in [1.82, 2.24) is 0 Å². The summed E-state index contributed by atoms with van der Waals surface area (Å²) in [7, 11) is 5.93. The molecule has 0 fully saturated rings. The van der Waals surface area contributed by atoms with Crippen molar-refractivity contribution >= 4 is 17.9 Å². The van der Waals surface area contributed by atoms with Crippen molar-refractivity contribution in [2.75, 3.05) is 47.5 Å². The third-order valence-corrected chi connectivity index (χ3v) is 10.6. The van der Waals surface area contributed by atoms with Crippen LogP contribution < -0.4 is 0 Å². The van der Waals surface area contributed by atoms with Gasteiger partial charge in [-0.1, -0.05) is 182 Å². The molecule has 0 aromatic rings. The van der Waals surface area contributed by atoms with Crippen LogP contribution in [-0.4, -0.2) is 87.4 Å². The Bertz CT molecular complexity index is 1400. The van der Waals surface area contributed by atoms with Crippen LogP contribution in [0.2, 0.25) is 0 Å². The van der Waals surface area contributed by atoms with Crippen molar-refractivity contribution in [1.29, 1.82) is 0 Å². The number of carboxylic acids is 1. The molecular formula is C57H96NO8+. The quantitative estimate of drug-likeness (QED) is 0.0211. The summed E-state index contributed by atoms with van der Waals surface area (Å²) in [6.07, 6.45) is 60.5. The zero-order valence-corrected chi connectivity index (χ0v) is 42.6. The molecule has 0 aromatic carbocycles. The Balaban J connectivity index is 4.48. The summed E-state index contributed by atoms with van der Waals surface area (Å²) in [5.74, 6) is -2.10. The van der Waals surface area contributed by atoms with Crippen LogP contribution in [-0.2, 0) is 33.3 Å². The van der Waals surface area contributed by atoms with Crippen molar-refractivity contribution in [2.24, 2.45) is 0 Å². The summed E-state index contributed by atoms with van der Waals surface area (Å²) in [4.78, 5) is 37.3. The maximum Gasteiger partial charge on any atom is 0.361 e. The number of allylic oxidation sites excluding steroid dienone is 16. The maximum absolute atomic E-state index is 12.8. The summed E-state index contributed by atoms with van der Waals surface area (Å²) >= 11 is 0. The van der Waals surface area contributed by atoms with Gasteiger partial charge >= 0.3 is 17.9 Å². The summed E-state index contributed by atoms with van der Waals surface area (Å²) in [6.45, 7) is 4.67. The molecule has 0 aromatic heterocycles. The number of ether oxygens (including phenoxy) is 4. The van der Waals surface area contributed by atoms with Crippen LogP contribution in [0.3, 0.4) is 0 Å². The second-order valence-corrected chi connectivity index (χ2v) is 18.1. The molecule has 0 saturated heterocycles. The summed E-state index contributed by atoms with van der Waals surface area (Å²) in [6, 6.07) is 0. The van der Waals surface area contributed by atoms with Gasteiger partial charge in [0.2, 0.25) is 0 Å². The van der Waals surface area contributed by atoms with E-state index >= 15 is 0 Å². The van der Waals surface area contributed by atoms with Gasteiger partial charge in [-0.25, -0.2) is 4.79 Å². The van der Waals surface area contributed by atoms with Crippen molar-refractivity contribution in [3.8, 4) is 0 Å². The number of hydrogen-bond acceptors (Lipinski definition) is 7. The second kappa shape index (κ2) is 47.7. The van der Waals surface area contributed by atoms with Crippen molar-refractivity contribution < 1.29 is 42.9 Å². The van der Waals surface area contributed by atoms with E-state index < -0.39 is 24.3 Å². The van der Waals surface area contributed by atoms with Gasteiger partial charge in [0.1, 0.15) is 13.2 Å². The minimum absolute atomic E-state index is 0.171. The lowest BCUT2D eigenvalue weighted by Crippen LogP contribution is -2.40. The molecule has 2 atom stereocenters. The minimum atomic E-state index is -1.53. The number of nitrogens with zero attached hydrogens (tertiary/aromatic N) is 1. The Morgan fingerprint density at radius 3 is 1.35 bits per heavy atom. The van der Waals surface area contributed by atoms with E-state index in [0.717, 1.165) is 77.0 Å². The molecule has 1 N–H and O–H groups in total. The number of carboxylic acid groups (broad SMARTS) is 1. The maximum atomic E-state index is 12.8. The normalized spacial score (nSPS) is 13.7. The summed E-state index contributed by atoms with van der Waals surface area (Å²) in [5.41, 5.74) is 0. The standard InChI is InChI=1S/C57H95NO8/c1-6-8-10-12-14-16-18-20-22-24-26-27-28-29-30-32-34-36-38-40-42-44-46-48-55(60)66-53(52-65-57(56(61)62)63-50-49-58(3,4)5)51-64-54(59)47-45-43-41-39-37-35-33-31-25-23-21-19-17-15-13-11-9-7-2/h8,10,14,16,20,22-23,25-27,29-30,34,36,40,42,53,57H,6-7,9,11-13,15,17-19,21,24,28,31-33,35,37-39,41,43-52H2,1-5H3/p+1/b10-8-,16-14-,22-20-,25-23-,27-26-,30-29-,36-34-,42-40-. The molecule has 0 amide bonds. The largest absolute Gasteiger partial charge is 0.477 e. The lowest BCUT2D eigenvalue weighted by Gasteiger charge is -2.25. The van der Waals surface area contributed by atoms with Crippen LogP contribution in [0.1, 0.15) is 187 Å². The molecular weight excluding hydrogens is 827 g/mol. The highest BCUT2D eigenvalue weighted by atomic mass is 16.7. The van der Waals surface area contributed by atoms with Gasteiger partial charge in [0.25, 0.3) is 6.29 Å². The number of unbranched alkanes of at least 4 members (excludes halogenated alkanes) is 15. The zero-order chi connectivity index (χ0) is 48.4. The van der Waals surface area contributed by atoms with Crippen LogP contribution >= 0.6 is 0 Å². The molecule has 0 rings (SSSR count). The van der Waals surface area contributed by atoms with Crippen molar-refractivity contribution in [2.45, 2.75) is 200 Å². The predicted molar refractivity (Wildman–Crippen MR) is 276 cm³/mol. The van der Waals surface area contributed by atoms with Gasteiger partial charge < -0.3 is 28.5 Å². The lowest BCUT2D eigenvalue weighted by molar-refractivity contribution is -0.870. The topological polar surface area (TPSA) is 108 Å². The third-order valence-electron chi connectivity index (χ3n) is 10.6. The van der Waals surface area contributed by atoms with Crippen LogP contribution in [0.15, 0.2) is 97.2 Å². The molecule has 0 radical (unpaired) electrons. The summed E-state index contributed by atoms with van der Waals surface area (Å²) < 4.78 is 22.7. The highest BCUT2D eigenvalue weighted by Gasteiger charge is 2.25. The molecule has 376 valence electrons. The molecule has 0 spiro atoms. The van der Waals surface area contributed by atoms with Gasteiger partial charge in [0.15, 0.2) is 6.10 Å². The van der Waals surface area contributed by atoms with Crippen molar-refractivity contribution in [3.05, 3.63) is 97.2 Å². The second-order valence-electron chi connectivity index (χ2n) is 18.1. The smallest absolute Gasteiger partial charge is 0.361 e. The zero-order valence-electron chi connectivity index (χ0n) is 42.6. The van der Waals surface area contributed by atoms with Crippen molar-refractivity contribution in [3.63, 3.8) is 0 Å². The van der Waals surface area contributed by atoms with Gasteiger partial charge in [-0.2, -0.15) is 0 Å². The molecule has 9 heteroatoms. The van der Waals surface area contributed by atoms with E-state index in [9.17, 15) is 19.5 Å². The first-order chi connectivity index (χ1) is 32.1. The molecule has 0 aliphatic rings. The van der Waals surface area contributed by atoms with Crippen LogP contribution in [0.25, 0.3) is 0 Å². The SMILES string of the molecule is CC/C=C\C/C=C\C/C=C\C/C=C\C/C=C\C/C=C\C/C=C\CCCC(=O)OC(COC(=O)CCCCCCCCC/C=C\CCCCCCCCC)COC(OCC[N+](C)(C)C)C(=O)O.